The maximum Gasteiger partial charge on any atom is 0.00981 e. The van der Waals surface area contributed by atoms with Crippen LogP contribution < -0.4 is 5.73 Å². The molecule has 0 aromatic heterocycles. The van der Waals surface area contributed by atoms with Gasteiger partial charge < -0.3 is 10.6 Å². The monoisotopic (exact) mass is 184 g/mol. The summed E-state index contributed by atoms with van der Waals surface area (Å²) in [6, 6.07) is 0.817. The summed E-state index contributed by atoms with van der Waals surface area (Å²) in [6.45, 7) is 7.89. The van der Waals surface area contributed by atoms with Crippen molar-refractivity contribution in [3.63, 3.8) is 0 Å². The Kier molecular flexibility index (Phi) is 4.74. The van der Waals surface area contributed by atoms with E-state index in [0.29, 0.717) is 5.92 Å². The van der Waals surface area contributed by atoms with Gasteiger partial charge in [0.25, 0.3) is 0 Å². The van der Waals surface area contributed by atoms with Crippen LogP contribution in [0, 0.1) is 5.92 Å². The molecule has 0 amide bonds. The van der Waals surface area contributed by atoms with Gasteiger partial charge in [0.05, 0.1) is 0 Å². The average molecular weight is 184 g/mol. The lowest BCUT2D eigenvalue weighted by Crippen LogP contribution is -2.40. The summed E-state index contributed by atoms with van der Waals surface area (Å²) in [5, 5.41) is 0. The smallest absolute Gasteiger partial charge is 0.00981 e. The Morgan fingerprint density at radius 1 is 1.46 bits per heavy atom. The maximum absolute atomic E-state index is 5.66. The third kappa shape index (κ3) is 3.28. The van der Waals surface area contributed by atoms with E-state index in [1.54, 1.807) is 0 Å². The molecule has 1 heterocycles. The fourth-order valence-corrected chi connectivity index (χ4v) is 2.30. The van der Waals surface area contributed by atoms with E-state index in [1.165, 1.54) is 38.8 Å². The van der Waals surface area contributed by atoms with Gasteiger partial charge in [-0.3, -0.25) is 0 Å². The SMILES string of the molecule is CCN1CCCCC1CC(C)CN. The van der Waals surface area contributed by atoms with Crippen molar-refractivity contribution in [3.05, 3.63) is 0 Å². The molecule has 0 radical (unpaired) electrons. The summed E-state index contributed by atoms with van der Waals surface area (Å²) in [6.07, 6.45) is 5.49. The number of piperidine rings is 1. The average Bonchev–Trinajstić information content (AvgIpc) is 2.18. The van der Waals surface area contributed by atoms with Gasteiger partial charge in [-0.05, 0) is 44.8 Å². The maximum atomic E-state index is 5.66. The van der Waals surface area contributed by atoms with Gasteiger partial charge in [0.1, 0.15) is 0 Å². The number of hydrogen-bond acceptors (Lipinski definition) is 2. The highest BCUT2D eigenvalue weighted by atomic mass is 15.2. The number of rotatable bonds is 4. The van der Waals surface area contributed by atoms with Crippen molar-refractivity contribution in [3.8, 4) is 0 Å². The summed E-state index contributed by atoms with van der Waals surface area (Å²) < 4.78 is 0. The first-order valence-electron chi connectivity index (χ1n) is 5.72. The molecule has 2 unspecified atom stereocenters. The van der Waals surface area contributed by atoms with E-state index in [-0.39, 0.29) is 0 Å². The first-order chi connectivity index (χ1) is 6.27. The molecule has 2 atom stereocenters. The molecule has 1 rings (SSSR count). The number of nitrogens with two attached hydrogens (primary N) is 1. The summed E-state index contributed by atoms with van der Waals surface area (Å²) in [5.74, 6) is 0.692. The number of likely N-dealkylation sites (tertiary alicyclic amines) is 1. The molecule has 2 N–H and O–H groups in total. The van der Waals surface area contributed by atoms with Crippen LogP contribution in [0.1, 0.15) is 39.5 Å². The molecule has 0 aliphatic carbocycles. The molecule has 1 fully saturated rings. The van der Waals surface area contributed by atoms with Gasteiger partial charge in [-0.1, -0.05) is 20.3 Å². The Labute approximate surface area is 82.5 Å². The van der Waals surface area contributed by atoms with Crippen molar-refractivity contribution in [1.29, 1.82) is 0 Å². The minimum atomic E-state index is 0.692. The molecule has 2 heteroatoms. The zero-order chi connectivity index (χ0) is 9.68. The van der Waals surface area contributed by atoms with Gasteiger partial charge in [-0.2, -0.15) is 0 Å². The largest absolute Gasteiger partial charge is 0.330 e. The van der Waals surface area contributed by atoms with E-state index in [2.05, 4.69) is 18.7 Å². The van der Waals surface area contributed by atoms with Crippen LogP contribution in [0.3, 0.4) is 0 Å². The Balaban J connectivity index is 2.35. The van der Waals surface area contributed by atoms with Crippen LogP contribution in [0.4, 0.5) is 0 Å². The lowest BCUT2D eigenvalue weighted by atomic mass is 9.93. The fraction of sp³-hybridized carbons (Fsp3) is 1.00. The first-order valence-corrected chi connectivity index (χ1v) is 5.72. The van der Waals surface area contributed by atoms with Crippen LogP contribution in [0.5, 0.6) is 0 Å². The molecule has 0 saturated carbocycles. The van der Waals surface area contributed by atoms with Crippen molar-refractivity contribution in [2.24, 2.45) is 11.7 Å². The van der Waals surface area contributed by atoms with E-state index in [9.17, 15) is 0 Å². The Morgan fingerprint density at radius 2 is 2.23 bits per heavy atom. The molecule has 0 spiro atoms. The molecule has 0 bridgehead atoms. The van der Waals surface area contributed by atoms with Crippen LogP contribution in [0.15, 0.2) is 0 Å². The highest BCUT2D eigenvalue weighted by Gasteiger charge is 2.21. The third-order valence-electron chi connectivity index (χ3n) is 3.23. The summed E-state index contributed by atoms with van der Waals surface area (Å²) in [4.78, 5) is 2.62. The quantitative estimate of drug-likeness (QED) is 0.722. The standard InChI is InChI=1S/C11H24N2/c1-3-13-7-5-4-6-11(13)8-10(2)9-12/h10-11H,3-9,12H2,1-2H3. The molecule has 1 saturated heterocycles. The topological polar surface area (TPSA) is 29.3 Å². The van der Waals surface area contributed by atoms with E-state index in [1.807, 2.05) is 0 Å². The predicted octanol–water partition coefficient (Wildman–Crippen LogP) is 1.85. The first kappa shape index (κ1) is 11.0. The number of hydrogen-bond donors (Lipinski definition) is 1. The van der Waals surface area contributed by atoms with E-state index in [4.69, 9.17) is 5.73 Å². The molecule has 1 aliphatic heterocycles. The second-order valence-corrected chi connectivity index (χ2v) is 4.35. The van der Waals surface area contributed by atoms with Gasteiger partial charge in [-0.25, -0.2) is 0 Å². The van der Waals surface area contributed by atoms with Crippen molar-refractivity contribution >= 4 is 0 Å². The second-order valence-electron chi connectivity index (χ2n) is 4.35. The molecule has 0 aromatic rings. The lowest BCUT2D eigenvalue weighted by Gasteiger charge is -2.36. The highest BCUT2D eigenvalue weighted by Crippen LogP contribution is 2.21. The molecule has 13 heavy (non-hydrogen) atoms. The minimum Gasteiger partial charge on any atom is -0.330 e. The molecular weight excluding hydrogens is 160 g/mol. The Bertz CT molecular complexity index is 136. The van der Waals surface area contributed by atoms with Gasteiger partial charge in [0.15, 0.2) is 0 Å². The Hall–Kier alpha value is -0.0800. The second kappa shape index (κ2) is 5.61. The lowest BCUT2D eigenvalue weighted by molar-refractivity contribution is 0.135. The van der Waals surface area contributed by atoms with Crippen molar-refractivity contribution < 1.29 is 0 Å². The third-order valence-corrected chi connectivity index (χ3v) is 3.23. The predicted molar refractivity (Wildman–Crippen MR) is 57.7 cm³/mol. The summed E-state index contributed by atoms with van der Waals surface area (Å²) in [7, 11) is 0. The van der Waals surface area contributed by atoms with Crippen molar-refractivity contribution in [2.75, 3.05) is 19.6 Å². The van der Waals surface area contributed by atoms with Crippen LogP contribution in [-0.4, -0.2) is 30.6 Å². The fourth-order valence-electron chi connectivity index (χ4n) is 2.30. The van der Waals surface area contributed by atoms with Crippen LogP contribution in [0.25, 0.3) is 0 Å². The van der Waals surface area contributed by atoms with E-state index < -0.39 is 0 Å². The normalized spacial score (nSPS) is 27.5. The van der Waals surface area contributed by atoms with E-state index >= 15 is 0 Å². The highest BCUT2D eigenvalue weighted by molar-refractivity contribution is 4.77. The van der Waals surface area contributed by atoms with Crippen LogP contribution >= 0.6 is 0 Å². The molecular formula is C11H24N2. The van der Waals surface area contributed by atoms with Gasteiger partial charge >= 0.3 is 0 Å². The minimum absolute atomic E-state index is 0.692. The Morgan fingerprint density at radius 3 is 2.85 bits per heavy atom. The zero-order valence-electron chi connectivity index (χ0n) is 9.13. The van der Waals surface area contributed by atoms with Crippen LogP contribution in [0.2, 0.25) is 0 Å². The van der Waals surface area contributed by atoms with Gasteiger partial charge in [0.2, 0.25) is 0 Å². The van der Waals surface area contributed by atoms with Gasteiger partial charge in [-0.15, -0.1) is 0 Å². The zero-order valence-corrected chi connectivity index (χ0v) is 9.13. The van der Waals surface area contributed by atoms with Crippen LogP contribution in [-0.2, 0) is 0 Å². The molecule has 78 valence electrons. The molecule has 0 aromatic carbocycles. The molecule has 2 nitrogen and oxygen atoms in total. The van der Waals surface area contributed by atoms with E-state index in [0.717, 1.165) is 12.6 Å². The number of nitrogens with zero attached hydrogens (tertiary/aromatic N) is 1. The van der Waals surface area contributed by atoms with Crippen molar-refractivity contribution in [2.45, 2.75) is 45.6 Å². The summed E-state index contributed by atoms with van der Waals surface area (Å²) in [5.41, 5.74) is 5.66. The van der Waals surface area contributed by atoms with Gasteiger partial charge in [0, 0.05) is 6.04 Å². The summed E-state index contributed by atoms with van der Waals surface area (Å²) >= 11 is 0. The van der Waals surface area contributed by atoms with Crippen molar-refractivity contribution in [1.82, 2.24) is 4.90 Å². The molecule has 1 aliphatic rings.